The molecule has 0 aliphatic carbocycles. The topological polar surface area (TPSA) is 69.2 Å². The molecule has 0 saturated heterocycles. The van der Waals surface area contributed by atoms with Crippen LogP contribution < -0.4 is 23.6 Å². The number of terminal acetylenes is 1. The zero-order valence-electron chi connectivity index (χ0n) is 4.92. The Morgan fingerprint density at radius 2 is 2.11 bits per heavy atom. The van der Waals surface area contributed by atoms with Gasteiger partial charge >= 0.3 is 18.9 Å². The minimum Gasteiger partial charge on any atom is -0.735 e. The van der Waals surface area contributed by atoms with Gasteiger partial charge in [-0.05, 0) is 0 Å². The summed E-state index contributed by atoms with van der Waals surface area (Å²) in [5.74, 6) is 1.93. The molecular weight excluding hydrogens is 137 g/mol. The second-order valence-electron chi connectivity index (χ2n) is 0.979. The third-order valence-corrected chi connectivity index (χ3v) is 0.849. The summed E-state index contributed by atoms with van der Waals surface area (Å²) in [5.41, 5.74) is 0. The van der Waals surface area contributed by atoms with Gasteiger partial charge in [-0.1, -0.05) is 5.92 Å². The molecule has 0 aliphatic heterocycles. The minimum atomic E-state index is -4.33. The van der Waals surface area contributed by atoms with Gasteiger partial charge in [0.05, 0.1) is 6.54 Å². The third kappa shape index (κ3) is 11.5. The first-order chi connectivity index (χ1) is 3.56. The van der Waals surface area contributed by atoms with E-state index < -0.39 is 10.3 Å². The Balaban J connectivity index is 0. The van der Waals surface area contributed by atoms with Crippen LogP contribution in [0.5, 0.6) is 0 Å². The Bertz CT molecular complexity index is 192. The van der Waals surface area contributed by atoms with E-state index in [0.717, 1.165) is 0 Å². The molecule has 0 amide bonds. The first kappa shape index (κ1) is 11.8. The van der Waals surface area contributed by atoms with Gasteiger partial charge in [0.25, 0.3) is 0 Å². The molecule has 0 aromatic carbocycles. The van der Waals surface area contributed by atoms with E-state index in [1.54, 1.807) is 4.72 Å². The molecule has 0 heterocycles. The minimum absolute atomic E-state index is 0. The van der Waals surface area contributed by atoms with E-state index in [1.807, 2.05) is 5.92 Å². The average Bonchev–Trinajstić information content (AvgIpc) is 1.59. The maximum absolute atomic E-state index is 9.63. The molecule has 46 valence electrons. The van der Waals surface area contributed by atoms with E-state index in [9.17, 15) is 13.0 Å². The molecule has 0 fully saturated rings. The van der Waals surface area contributed by atoms with Crippen LogP contribution in [0.1, 0.15) is 0 Å². The Hall–Kier alpha value is 0.0274. The Morgan fingerprint density at radius 1 is 1.67 bits per heavy atom. The summed E-state index contributed by atoms with van der Waals surface area (Å²) >= 11 is 0. The summed E-state index contributed by atoms with van der Waals surface area (Å²) in [6.07, 6.45) is 4.62. The first-order valence-corrected chi connectivity index (χ1v) is 3.11. The van der Waals surface area contributed by atoms with Crippen molar-refractivity contribution in [3.05, 3.63) is 0 Å². The van der Waals surface area contributed by atoms with Crippen molar-refractivity contribution in [2.75, 3.05) is 6.54 Å². The smallest absolute Gasteiger partial charge is 0.735 e. The Kier molecular flexibility index (Phi) is 6.37. The van der Waals surface area contributed by atoms with Crippen LogP contribution in [0, 0.1) is 12.3 Å². The molecule has 0 radical (unpaired) electrons. The van der Waals surface area contributed by atoms with Gasteiger partial charge in [0.1, 0.15) is 0 Å². The summed E-state index contributed by atoms with van der Waals surface area (Å²) in [6.45, 7) is -0.244. The number of rotatable bonds is 2. The molecule has 0 unspecified atom stereocenters. The fourth-order valence-electron chi connectivity index (χ4n) is 0.130. The van der Waals surface area contributed by atoms with Gasteiger partial charge in [-0.25, -0.2) is 13.1 Å². The maximum Gasteiger partial charge on any atom is 1.00 e. The van der Waals surface area contributed by atoms with Gasteiger partial charge in [-0.15, -0.1) is 6.42 Å². The predicted molar refractivity (Wildman–Crippen MR) is 26.5 cm³/mol. The summed E-state index contributed by atoms with van der Waals surface area (Å²) in [7, 11) is -4.33. The molecule has 0 aliphatic rings. The zero-order chi connectivity index (χ0) is 6.62. The van der Waals surface area contributed by atoms with Crippen LogP contribution in [0.4, 0.5) is 0 Å². The van der Waals surface area contributed by atoms with Gasteiger partial charge in [-0.2, -0.15) is 0 Å². The van der Waals surface area contributed by atoms with Crippen molar-refractivity contribution >= 4 is 10.3 Å². The molecule has 9 heavy (non-hydrogen) atoms. The van der Waals surface area contributed by atoms with Gasteiger partial charge in [-0.3, -0.25) is 0 Å². The van der Waals surface area contributed by atoms with Crippen LogP contribution in [-0.4, -0.2) is 19.5 Å². The normalized spacial score (nSPS) is 9.33. The Morgan fingerprint density at radius 3 is 2.22 bits per heavy atom. The molecule has 0 rings (SSSR count). The fourth-order valence-corrected chi connectivity index (χ4v) is 0.390. The van der Waals surface area contributed by atoms with E-state index in [-0.39, 0.29) is 25.4 Å². The van der Waals surface area contributed by atoms with Crippen LogP contribution >= 0.6 is 0 Å². The molecule has 6 heteroatoms. The van der Waals surface area contributed by atoms with E-state index >= 15 is 0 Å². The van der Waals surface area contributed by atoms with Gasteiger partial charge in [0.2, 0.25) is 0 Å². The van der Waals surface area contributed by atoms with E-state index in [4.69, 9.17) is 0 Å². The standard InChI is InChI=1S/C3H5NO3S.Li/c1-2-3-4-8(5,6)7;/h1,4H,3H2,(H,5,6,7);/q;+1/p-1. The quantitative estimate of drug-likeness (QED) is 0.240. The fraction of sp³-hybridized carbons (Fsp3) is 0.333. The van der Waals surface area contributed by atoms with Crippen molar-refractivity contribution in [2.45, 2.75) is 0 Å². The number of hydrogen-bond acceptors (Lipinski definition) is 3. The van der Waals surface area contributed by atoms with Crippen molar-refractivity contribution in [1.82, 2.24) is 4.72 Å². The summed E-state index contributed by atoms with van der Waals surface area (Å²) in [4.78, 5) is 0. The predicted octanol–water partition coefficient (Wildman–Crippen LogP) is -4.33. The van der Waals surface area contributed by atoms with Crippen LogP contribution in [-0.2, 0) is 10.3 Å². The molecule has 1 N–H and O–H groups in total. The van der Waals surface area contributed by atoms with E-state index in [0.29, 0.717) is 0 Å². The summed E-state index contributed by atoms with van der Waals surface area (Å²) < 4.78 is 30.4. The number of nitrogens with one attached hydrogen (secondary N) is 1. The van der Waals surface area contributed by atoms with Crippen molar-refractivity contribution in [3.63, 3.8) is 0 Å². The third-order valence-electron chi connectivity index (χ3n) is 0.351. The van der Waals surface area contributed by atoms with Crippen LogP contribution in [0.15, 0.2) is 0 Å². The monoisotopic (exact) mass is 141 g/mol. The largest absolute Gasteiger partial charge is 1.00 e. The maximum atomic E-state index is 9.63. The van der Waals surface area contributed by atoms with Gasteiger partial charge < -0.3 is 4.55 Å². The van der Waals surface area contributed by atoms with E-state index in [2.05, 4.69) is 6.42 Å². The Labute approximate surface area is 66.1 Å². The number of hydrogen-bond donors (Lipinski definition) is 1. The van der Waals surface area contributed by atoms with Crippen LogP contribution in [0.25, 0.3) is 0 Å². The second kappa shape index (κ2) is 4.86. The summed E-state index contributed by atoms with van der Waals surface area (Å²) in [5, 5.41) is 0. The SMILES string of the molecule is C#CCNS(=O)(=O)[O-].[Li+]. The molecule has 4 nitrogen and oxygen atoms in total. The first-order valence-electron chi connectivity index (χ1n) is 1.70. The molecule has 0 aromatic heterocycles. The molecule has 0 spiro atoms. The average molecular weight is 141 g/mol. The molecule has 0 aromatic rings. The molecule has 0 atom stereocenters. The molecule has 0 bridgehead atoms. The van der Waals surface area contributed by atoms with Crippen molar-refractivity contribution in [3.8, 4) is 12.3 Å². The van der Waals surface area contributed by atoms with Crippen molar-refractivity contribution < 1.29 is 31.8 Å². The van der Waals surface area contributed by atoms with Crippen LogP contribution in [0.2, 0.25) is 0 Å². The van der Waals surface area contributed by atoms with Gasteiger partial charge in [0, 0.05) is 0 Å². The van der Waals surface area contributed by atoms with Gasteiger partial charge in [0.15, 0.2) is 10.3 Å². The molecular formula is C3H4LiNO3S. The van der Waals surface area contributed by atoms with Crippen molar-refractivity contribution in [1.29, 1.82) is 0 Å². The second-order valence-corrected chi connectivity index (χ2v) is 2.18. The van der Waals surface area contributed by atoms with Crippen molar-refractivity contribution in [2.24, 2.45) is 0 Å². The summed E-state index contributed by atoms with van der Waals surface area (Å²) in [6, 6.07) is 0. The van der Waals surface area contributed by atoms with Crippen LogP contribution in [0.3, 0.4) is 0 Å². The molecule has 0 saturated carbocycles. The zero-order valence-corrected chi connectivity index (χ0v) is 5.73. The van der Waals surface area contributed by atoms with E-state index in [1.165, 1.54) is 0 Å².